The van der Waals surface area contributed by atoms with Crippen LogP contribution in [0.1, 0.15) is 22.3 Å². The first kappa shape index (κ1) is 23.1. The van der Waals surface area contributed by atoms with Gasteiger partial charge in [0.2, 0.25) is 0 Å². The molecular formula is C24H19ClN2O4S2. The molecule has 0 aromatic heterocycles. The molecule has 0 bridgehead atoms. The first-order valence-electron chi connectivity index (χ1n) is 9.87. The number of aryl methyl sites for hydroxylation is 2. The Labute approximate surface area is 198 Å². The molecule has 0 aliphatic heterocycles. The zero-order valence-corrected chi connectivity index (χ0v) is 20.1. The molecule has 168 valence electrons. The fourth-order valence-corrected chi connectivity index (χ4v) is 5.57. The Bertz CT molecular complexity index is 1540. The third-order valence-electron chi connectivity index (χ3n) is 5.02. The van der Waals surface area contributed by atoms with Crippen LogP contribution in [-0.2, 0) is 20.0 Å². The third-order valence-corrected chi connectivity index (χ3v) is 7.90. The first-order valence-corrected chi connectivity index (χ1v) is 13.1. The summed E-state index contributed by atoms with van der Waals surface area (Å²) in [6.45, 7) is 3.71. The number of halogens is 1. The van der Waals surface area contributed by atoms with Gasteiger partial charge in [0.25, 0.3) is 20.0 Å². The molecule has 0 heterocycles. The summed E-state index contributed by atoms with van der Waals surface area (Å²) < 4.78 is 59.5. The van der Waals surface area contributed by atoms with E-state index in [1.807, 2.05) is 13.8 Å². The minimum absolute atomic E-state index is 0.0257. The molecule has 4 rings (SSSR count). The van der Waals surface area contributed by atoms with Crippen molar-refractivity contribution in [2.24, 2.45) is 8.80 Å². The van der Waals surface area contributed by atoms with Crippen LogP contribution in [-0.4, -0.2) is 28.3 Å². The van der Waals surface area contributed by atoms with Crippen molar-refractivity contribution in [3.05, 3.63) is 106 Å². The van der Waals surface area contributed by atoms with Gasteiger partial charge in [0.1, 0.15) is 5.71 Å². The van der Waals surface area contributed by atoms with E-state index in [0.29, 0.717) is 11.1 Å². The molecule has 0 unspecified atom stereocenters. The molecule has 0 saturated heterocycles. The molecule has 0 spiro atoms. The van der Waals surface area contributed by atoms with Gasteiger partial charge in [0.15, 0.2) is 0 Å². The van der Waals surface area contributed by atoms with E-state index in [9.17, 15) is 16.8 Å². The number of hydrogen-bond acceptors (Lipinski definition) is 4. The molecule has 1 aliphatic carbocycles. The largest absolute Gasteiger partial charge is 0.282 e. The van der Waals surface area contributed by atoms with Gasteiger partial charge < -0.3 is 0 Å². The molecule has 3 aromatic rings. The summed E-state index contributed by atoms with van der Waals surface area (Å²) in [5.74, 6) is 0. The van der Waals surface area contributed by atoms with E-state index < -0.39 is 20.0 Å². The second kappa shape index (κ2) is 8.70. The summed E-state index contributed by atoms with van der Waals surface area (Å²) in [5, 5.41) is -0.0257. The highest BCUT2D eigenvalue weighted by molar-refractivity contribution is 7.90. The summed E-state index contributed by atoms with van der Waals surface area (Å²) in [6.07, 6.45) is 1.32. The first-order chi connectivity index (χ1) is 15.6. The van der Waals surface area contributed by atoms with Gasteiger partial charge in [-0.25, -0.2) is 0 Å². The minimum atomic E-state index is -4.05. The molecule has 0 radical (unpaired) electrons. The van der Waals surface area contributed by atoms with Crippen LogP contribution >= 0.6 is 11.6 Å². The second-order valence-electron chi connectivity index (χ2n) is 7.53. The Hall–Kier alpha value is -3.07. The van der Waals surface area contributed by atoms with Crippen molar-refractivity contribution < 1.29 is 16.8 Å². The van der Waals surface area contributed by atoms with Crippen molar-refractivity contribution in [2.45, 2.75) is 23.6 Å². The lowest BCUT2D eigenvalue weighted by molar-refractivity contribution is 0.596. The average Bonchev–Trinajstić information content (AvgIpc) is 2.77. The number of allylic oxidation sites excluding steroid dienone is 2. The summed E-state index contributed by atoms with van der Waals surface area (Å²) in [7, 11) is -8.06. The average molecular weight is 499 g/mol. The zero-order chi connectivity index (χ0) is 23.8. The lowest BCUT2D eigenvalue weighted by Crippen LogP contribution is -2.19. The molecule has 0 saturated carbocycles. The molecule has 0 atom stereocenters. The van der Waals surface area contributed by atoms with Crippen LogP contribution in [0.4, 0.5) is 0 Å². The van der Waals surface area contributed by atoms with E-state index in [1.165, 1.54) is 30.3 Å². The molecule has 0 N–H and O–H groups in total. The summed E-state index contributed by atoms with van der Waals surface area (Å²) in [5.41, 5.74) is 2.75. The van der Waals surface area contributed by atoms with E-state index in [-0.39, 0.29) is 26.2 Å². The predicted molar refractivity (Wildman–Crippen MR) is 130 cm³/mol. The number of hydrogen-bond donors (Lipinski definition) is 0. The Balaban J connectivity index is 1.84. The van der Waals surface area contributed by atoms with Crippen molar-refractivity contribution in [1.29, 1.82) is 0 Å². The lowest BCUT2D eigenvalue weighted by atomic mass is 9.94. The van der Waals surface area contributed by atoms with E-state index in [1.54, 1.807) is 48.5 Å². The van der Waals surface area contributed by atoms with Crippen molar-refractivity contribution >= 4 is 43.1 Å². The van der Waals surface area contributed by atoms with Crippen molar-refractivity contribution in [3.8, 4) is 0 Å². The van der Waals surface area contributed by atoms with Crippen LogP contribution in [0.3, 0.4) is 0 Å². The summed E-state index contributed by atoms with van der Waals surface area (Å²) in [4.78, 5) is 0.0768. The van der Waals surface area contributed by atoms with Gasteiger partial charge >= 0.3 is 0 Å². The summed E-state index contributed by atoms with van der Waals surface area (Å²) in [6, 6.07) is 19.3. The molecule has 0 amide bonds. The van der Waals surface area contributed by atoms with Crippen molar-refractivity contribution in [3.63, 3.8) is 0 Å². The number of rotatable bonds is 4. The van der Waals surface area contributed by atoms with Crippen LogP contribution in [0.15, 0.2) is 102 Å². The maximum absolute atomic E-state index is 12.9. The Morgan fingerprint density at radius 2 is 1.09 bits per heavy atom. The second-order valence-corrected chi connectivity index (χ2v) is 11.1. The van der Waals surface area contributed by atoms with Crippen molar-refractivity contribution in [1.82, 2.24) is 0 Å². The highest BCUT2D eigenvalue weighted by Crippen LogP contribution is 2.28. The number of benzene rings is 3. The van der Waals surface area contributed by atoms with Gasteiger partial charge in [0, 0.05) is 11.1 Å². The topological polar surface area (TPSA) is 93.0 Å². The highest BCUT2D eigenvalue weighted by Gasteiger charge is 2.26. The maximum Gasteiger partial charge on any atom is 0.282 e. The normalized spacial score (nSPS) is 16.5. The van der Waals surface area contributed by atoms with Gasteiger partial charge in [-0.2, -0.15) is 25.6 Å². The van der Waals surface area contributed by atoms with E-state index >= 15 is 0 Å². The van der Waals surface area contributed by atoms with Crippen LogP contribution in [0.2, 0.25) is 0 Å². The lowest BCUT2D eigenvalue weighted by Gasteiger charge is -2.17. The van der Waals surface area contributed by atoms with Crippen LogP contribution < -0.4 is 0 Å². The Kier molecular flexibility index (Phi) is 6.09. The van der Waals surface area contributed by atoms with E-state index in [0.717, 1.165) is 11.1 Å². The fraction of sp³-hybridized carbons (Fsp3) is 0.0833. The van der Waals surface area contributed by atoms with Crippen LogP contribution in [0.25, 0.3) is 0 Å². The number of sulfonamides is 2. The Morgan fingerprint density at radius 1 is 0.636 bits per heavy atom. The van der Waals surface area contributed by atoms with E-state index in [4.69, 9.17) is 11.6 Å². The monoisotopic (exact) mass is 498 g/mol. The van der Waals surface area contributed by atoms with Crippen molar-refractivity contribution in [2.75, 3.05) is 0 Å². The fourth-order valence-electron chi connectivity index (χ4n) is 3.25. The number of nitrogens with zero attached hydrogens (tertiary/aromatic N) is 2. The highest BCUT2D eigenvalue weighted by atomic mass is 35.5. The molecule has 0 fully saturated rings. The van der Waals surface area contributed by atoms with Gasteiger partial charge in [0.05, 0.1) is 20.5 Å². The molecule has 33 heavy (non-hydrogen) atoms. The Morgan fingerprint density at radius 3 is 1.61 bits per heavy atom. The van der Waals surface area contributed by atoms with Crippen LogP contribution in [0.5, 0.6) is 0 Å². The molecule has 9 heteroatoms. The smallest absolute Gasteiger partial charge is 0.199 e. The van der Waals surface area contributed by atoms with Gasteiger partial charge in [-0.05, 0) is 44.2 Å². The summed E-state index contributed by atoms with van der Waals surface area (Å²) >= 11 is 6.41. The third kappa shape index (κ3) is 4.83. The van der Waals surface area contributed by atoms with E-state index in [2.05, 4.69) is 8.80 Å². The maximum atomic E-state index is 12.9. The molecular weight excluding hydrogens is 480 g/mol. The van der Waals surface area contributed by atoms with Gasteiger partial charge in [-0.1, -0.05) is 71.3 Å². The zero-order valence-electron chi connectivity index (χ0n) is 17.7. The molecule has 1 aliphatic rings. The van der Waals surface area contributed by atoms with Gasteiger partial charge in [-0.3, -0.25) is 0 Å². The minimum Gasteiger partial charge on any atom is -0.199 e. The quantitative estimate of drug-likeness (QED) is 0.516. The molecule has 3 aromatic carbocycles. The standard InChI is InChI=1S/C24H19ClN2O4S2/c1-16-7-11-18(12-8-16)32(28,29)26-23-15-22(25)24(21-6-4-3-5-20(21)23)27-33(30,31)19-13-9-17(2)10-14-19/h3-15H,1-2H3. The van der Waals surface area contributed by atoms with Gasteiger partial charge in [-0.15, -0.1) is 0 Å². The molecule has 6 nitrogen and oxygen atoms in total. The predicted octanol–water partition coefficient (Wildman–Crippen LogP) is 4.80. The van der Waals surface area contributed by atoms with Crippen LogP contribution in [0, 0.1) is 13.8 Å². The SMILES string of the molecule is Cc1ccc(S(=O)(=O)N=C2C=C(Cl)C(=NS(=O)(=O)c3ccc(C)cc3)c3ccccc32)cc1. The number of fused-ring (bicyclic) bond motifs is 1.